The Kier molecular flexibility index (Phi) is 7.19. The Labute approximate surface area is 211 Å². The standard InChI is InChI=1S/C26H25FN4O2S2/c1-17(32)29-14-22-15-31(33-22)21-8-9-23(24(27)11-21)19-6-4-18(5-7-19)12-28-13-20-16-35-26(30-20)25-3-2-10-34-25/h2-11,16,22,28H,12-15H2,1H3,(H,29,32)/t22-/m0/s1. The van der Waals surface area contributed by atoms with Crippen molar-refractivity contribution in [3.8, 4) is 21.0 Å². The summed E-state index contributed by atoms with van der Waals surface area (Å²) in [6.45, 7) is 3.94. The second-order valence-corrected chi connectivity index (χ2v) is 10.1. The van der Waals surface area contributed by atoms with Crippen LogP contribution in [0.25, 0.3) is 21.0 Å². The molecule has 0 saturated carbocycles. The van der Waals surface area contributed by atoms with Crippen molar-refractivity contribution in [2.75, 3.05) is 18.2 Å². The number of hydrogen-bond acceptors (Lipinski definition) is 7. The monoisotopic (exact) mass is 508 g/mol. The van der Waals surface area contributed by atoms with Crippen molar-refractivity contribution in [3.05, 3.63) is 82.4 Å². The summed E-state index contributed by atoms with van der Waals surface area (Å²) in [5.74, 6) is -0.389. The van der Waals surface area contributed by atoms with Crippen LogP contribution in [0.1, 0.15) is 18.2 Å². The van der Waals surface area contributed by atoms with Crippen LogP contribution in [0.3, 0.4) is 0 Å². The van der Waals surface area contributed by atoms with E-state index >= 15 is 0 Å². The first-order valence-corrected chi connectivity index (χ1v) is 13.1. The number of hydroxylamine groups is 1. The Hall–Kier alpha value is -3.11. The third kappa shape index (κ3) is 5.76. The zero-order chi connectivity index (χ0) is 24.2. The summed E-state index contributed by atoms with van der Waals surface area (Å²) in [5.41, 5.74) is 4.19. The molecule has 0 bridgehead atoms. The van der Waals surface area contributed by atoms with Gasteiger partial charge in [0.2, 0.25) is 5.91 Å². The highest BCUT2D eigenvalue weighted by molar-refractivity contribution is 7.20. The van der Waals surface area contributed by atoms with Gasteiger partial charge in [-0.3, -0.25) is 14.7 Å². The maximum absolute atomic E-state index is 14.8. The van der Waals surface area contributed by atoms with Crippen LogP contribution in [0.2, 0.25) is 0 Å². The fourth-order valence-corrected chi connectivity index (χ4v) is 5.45. The molecule has 2 N–H and O–H groups in total. The number of thiophene rings is 1. The molecule has 1 aliphatic heterocycles. The van der Waals surface area contributed by atoms with Gasteiger partial charge in [-0.1, -0.05) is 30.3 Å². The molecule has 1 fully saturated rings. The van der Waals surface area contributed by atoms with E-state index in [4.69, 9.17) is 9.82 Å². The van der Waals surface area contributed by atoms with Crippen molar-refractivity contribution in [3.63, 3.8) is 0 Å². The summed E-state index contributed by atoms with van der Waals surface area (Å²) < 4.78 is 14.8. The minimum atomic E-state index is -0.299. The minimum absolute atomic E-state index is 0.0821. The van der Waals surface area contributed by atoms with Crippen LogP contribution in [0, 0.1) is 5.82 Å². The number of hydrogen-bond donors (Lipinski definition) is 2. The number of anilines is 1. The molecule has 6 nitrogen and oxygen atoms in total. The highest BCUT2D eigenvalue weighted by atomic mass is 32.1. The van der Waals surface area contributed by atoms with Crippen LogP contribution >= 0.6 is 22.7 Å². The summed E-state index contributed by atoms with van der Waals surface area (Å²) in [5, 5.41) is 13.0. The molecule has 1 saturated heterocycles. The molecule has 35 heavy (non-hydrogen) atoms. The van der Waals surface area contributed by atoms with Gasteiger partial charge in [0.25, 0.3) is 0 Å². The number of benzene rings is 2. The zero-order valence-corrected chi connectivity index (χ0v) is 20.8. The normalized spacial score (nSPS) is 15.1. The summed E-state index contributed by atoms with van der Waals surface area (Å²) in [6.07, 6.45) is -0.0821. The Balaban J connectivity index is 1.13. The average molecular weight is 509 g/mol. The van der Waals surface area contributed by atoms with E-state index in [1.54, 1.807) is 33.8 Å². The van der Waals surface area contributed by atoms with Gasteiger partial charge in [0.15, 0.2) is 0 Å². The molecule has 4 aromatic rings. The first-order chi connectivity index (χ1) is 17.0. The number of nitrogens with one attached hydrogen (secondary N) is 2. The van der Waals surface area contributed by atoms with Gasteiger partial charge in [-0.2, -0.15) is 0 Å². The van der Waals surface area contributed by atoms with E-state index in [0.717, 1.165) is 21.8 Å². The summed E-state index contributed by atoms with van der Waals surface area (Å²) in [7, 11) is 0. The van der Waals surface area contributed by atoms with Crippen LogP contribution in [0.4, 0.5) is 10.1 Å². The predicted octanol–water partition coefficient (Wildman–Crippen LogP) is 5.22. The predicted molar refractivity (Wildman–Crippen MR) is 139 cm³/mol. The lowest BCUT2D eigenvalue weighted by Crippen LogP contribution is -2.53. The van der Waals surface area contributed by atoms with Crippen LogP contribution < -0.4 is 15.7 Å². The lowest BCUT2D eigenvalue weighted by atomic mass is 10.0. The van der Waals surface area contributed by atoms with Crippen LogP contribution in [0.5, 0.6) is 0 Å². The van der Waals surface area contributed by atoms with Gasteiger partial charge in [-0.25, -0.2) is 9.37 Å². The summed E-state index contributed by atoms with van der Waals surface area (Å²) in [6, 6.07) is 17.1. The van der Waals surface area contributed by atoms with E-state index in [-0.39, 0.29) is 17.8 Å². The minimum Gasteiger partial charge on any atom is -0.354 e. The fraction of sp³-hybridized carbons (Fsp3) is 0.231. The van der Waals surface area contributed by atoms with E-state index in [1.807, 2.05) is 36.4 Å². The molecule has 1 aliphatic rings. The highest BCUT2D eigenvalue weighted by Gasteiger charge is 2.29. The number of carbonyl (C=O) groups excluding carboxylic acids is 1. The number of thiazole rings is 1. The van der Waals surface area contributed by atoms with Crippen molar-refractivity contribution in [1.29, 1.82) is 0 Å². The molecule has 0 radical (unpaired) electrons. The molecular weight excluding hydrogens is 483 g/mol. The van der Waals surface area contributed by atoms with Gasteiger partial charge in [0, 0.05) is 43.6 Å². The smallest absolute Gasteiger partial charge is 0.216 e. The van der Waals surface area contributed by atoms with E-state index in [2.05, 4.69) is 27.5 Å². The van der Waals surface area contributed by atoms with Crippen molar-refractivity contribution in [2.45, 2.75) is 26.1 Å². The summed E-state index contributed by atoms with van der Waals surface area (Å²) >= 11 is 3.36. The molecule has 9 heteroatoms. The van der Waals surface area contributed by atoms with Gasteiger partial charge in [0.05, 0.1) is 22.8 Å². The molecule has 180 valence electrons. The van der Waals surface area contributed by atoms with Crippen LogP contribution in [-0.4, -0.2) is 30.1 Å². The molecule has 0 unspecified atom stereocenters. The maximum atomic E-state index is 14.8. The van der Waals surface area contributed by atoms with Gasteiger partial charge in [0.1, 0.15) is 16.9 Å². The first kappa shape index (κ1) is 23.6. The van der Waals surface area contributed by atoms with Crippen molar-refractivity contribution in [2.24, 2.45) is 0 Å². The number of amides is 1. The fourth-order valence-electron chi connectivity index (χ4n) is 3.81. The lowest BCUT2D eigenvalue weighted by Gasteiger charge is -2.39. The lowest BCUT2D eigenvalue weighted by molar-refractivity contribution is -0.121. The number of aromatic nitrogens is 1. The third-order valence-electron chi connectivity index (χ3n) is 5.65. The zero-order valence-electron chi connectivity index (χ0n) is 19.2. The van der Waals surface area contributed by atoms with Crippen molar-refractivity contribution >= 4 is 34.3 Å². The molecule has 0 spiro atoms. The second-order valence-electron chi connectivity index (χ2n) is 8.31. The quantitative estimate of drug-likeness (QED) is 0.324. The van der Waals surface area contributed by atoms with Crippen LogP contribution in [-0.2, 0) is 22.7 Å². The molecule has 0 aliphatic carbocycles. The maximum Gasteiger partial charge on any atom is 0.216 e. The van der Waals surface area contributed by atoms with E-state index in [9.17, 15) is 9.18 Å². The number of carbonyl (C=O) groups is 1. The van der Waals surface area contributed by atoms with Crippen molar-refractivity contribution < 1.29 is 14.0 Å². The molecule has 1 atom stereocenters. The van der Waals surface area contributed by atoms with E-state index in [0.29, 0.717) is 37.4 Å². The third-order valence-corrected chi connectivity index (χ3v) is 7.58. The molecule has 2 aromatic heterocycles. The SMILES string of the molecule is CC(=O)NC[C@H]1CN(c2ccc(-c3ccc(CNCc4csc(-c5cccs5)n4)cc3)c(F)c2)O1. The Morgan fingerprint density at radius 1 is 1.17 bits per heavy atom. The number of rotatable bonds is 9. The molecule has 1 amide bonds. The molecule has 5 rings (SSSR count). The average Bonchev–Trinajstić information content (AvgIpc) is 3.51. The highest BCUT2D eigenvalue weighted by Crippen LogP contribution is 2.30. The Morgan fingerprint density at radius 3 is 2.71 bits per heavy atom. The Morgan fingerprint density at radius 2 is 2.00 bits per heavy atom. The van der Waals surface area contributed by atoms with E-state index in [1.165, 1.54) is 17.9 Å². The largest absolute Gasteiger partial charge is 0.354 e. The van der Waals surface area contributed by atoms with E-state index < -0.39 is 0 Å². The molecular formula is C26H25FN4O2S2. The first-order valence-electron chi connectivity index (χ1n) is 11.3. The van der Waals surface area contributed by atoms with Gasteiger partial charge in [-0.15, -0.1) is 22.7 Å². The van der Waals surface area contributed by atoms with Gasteiger partial charge >= 0.3 is 0 Å². The van der Waals surface area contributed by atoms with Crippen molar-refractivity contribution in [1.82, 2.24) is 15.6 Å². The Bertz CT molecular complexity index is 1290. The summed E-state index contributed by atoms with van der Waals surface area (Å²) in [4.78, 5) is 22.5. The van der Waals surface area contributed by atoms with Gasteiger partial charge < -0.3 is 10.6 Å². The number of nitrogens with zero attached hydrogens (tertiary/aromatic N) is 2. The van der Waals surface area contributed by atoms with Crippen LogP contribution in [0.15, 0.2) is 65.4 Å². The topological polar surface area (TPSA) is 66.5 Å². The molecule has 2 aromatic carbocycles. The van der Waals surface area contributed by atoms with Gasteiger partial charge in [-0.05, 0) is 34.7 Å². The molecule has 3 heterocycles. The second kappa shape index (κ2) is 10.7. The number of halogens is 1.